The van der Waals surface area contributed by atoms with Crippen LogP contribution in [0.4, 0.5) is 0 Å². The molecule has 1 aromatic rings. The number of halogens is 1. The minimum Gasteiger partial charge on any atom is -0.311 e. The standard InChI is InChI=1S/C17H27BrN2/c1-13(11-15-6-8-17(18)9-7-15)19-14(2)16-5-4-10-20(3)12-16/h6-9,13-14,16,19H,4-5,10-12H2,1-3H3. The van der Waals surface area contributed by atoms with Crippen LogP contribution in [0.2, 0.25) is 0 Å². The Hall–Kier alpha value is -0.380. The van der Waals surface area contributed by atoms with Crippen LogP contribution < -0.4 is 5.32 Å². The van der Waals surface area contributed by atoms with Gasteiger partial charge in [0.25, 0.3) is 0 Å². The van der Waals surface area contributed by atoms with Crippen LogP contribution in [0.15, 0.2) is 28.7 Å². The molecule has 3 heteroatoms. The first-order valence-electron chi connectivity index (χ1n) is 7.73. The number of piperidine rings is 1. The molecule has 1 heterocycles. The average molecular weight is 339 g/mol. The van der Waals surface area contributed by atoms with Gasteiger partial charge in [-0.05, 0) is 70.3 Å². The van der Waals surface area contributed by atoms with Crippen molar-refractivity contribution in [3.05, 3.63) is 34.3 Å². The second kappa shape index (κ2) is 7.58. The molecule has 1 saturated heterocycles. The minimum atomic E-state index is 0.526. The highest BCUT2D eigenvalue weighted by molar-refractivity contribution is 9.10. The van der Waals surface area contributed by atoms with Crippen LogP contribution >= 0.6 is 15.9 Å². The monoisotopic (exact) mass is 338 g/mol. The zero-order valence-electron chi connectivity index (χ0n) is 12.9. The highest BCUT2D eigenvalue weighted by Gasteiger charge is 2.23. The van der Waals surface area contributed by atoms with Crippen molar-refractivity contribution in [3.63, 3.8) is 0 Å². The summed E-state index contributed by atoms with van der Waals surface area (Å²) in [6.07, 6.45) is 3.80. The fourth-order valence-corrected chi connectivity index (χ4v) is 3.50. The lowest BCUT2D eigenvalue weighted by atomic mass is 9.91. The number of rotatable bonds is 5. The van der Waals surface area contributed by atoms with Crippen LogP contribution in [0.3, 0.4) is 0 Å². The molecule has 0 aromatic heterocycles. The van der Waals surface area contributed by atoms with Gasteiger partial charge in [0.1, 0.15) is 0 Å². The maximum Gasteiger partial charge on any atom is 0.0175 e. The van der Waals surface area contributed by atoms with E-state index in [2.05, 4.69) is 71.3 Å². The van der Waals surface area contributed by atoms with Gasteiger partial charge >= 0.3 is 0 Å². The van der Waals surface area contributed by atoms with Gasteiger partial charge in [-0.25, -0.2) is 0 Å². The molecule has 0 bridgehead atoms. The third kappa shape index (κ3) is 4.87. The first-order chi connectivity index (χ1) is 9.54. The first kappa shape index (κ1) is 16.0. The van der Waals surface area contributed by atoms with E-state index in [0.29, 0.717) is 12.1 Å². The molecule has 1 aromatic carbocycles. The molecule has 20 heavy (non-hydrogen) atoms. The summed E-state index contributed by atoms with van der Waals surface area (Å²) in [6.45, 7) is 7.14. The summed E-state index contributed by atoms with van der Waals surface area (Å²) in [5, 5.41) is 3.79. The average Bonchev–Trinajstić information content (AvgIpc) is 2.41. The topological polar surface area (TPSA) is 15.3 Å². The molecule has 3 atom stereocenters. The zero-order chi connectivity index (χ0) is 14.5. The van der Waals surface area contributed by atoms with Gasteiger partial charge in [0, 0.05) is 23.1 Å². The van der Waals surface area contributed by atoms with Gasteiger partial charge in [-0.15, -0.1) is 0 Å². The summed E-state index contributed by atoms with van der Waals surface area (Å²) in [5.74, 6) is 0.793. The highest BCUT2D eigenvalue weighted by atomic mass is 79.9. The SMILES string of the molecule is CC(Cc1ccc(Br)cc1)NC(C)C1CCCN(C)C1. The van der Waals surface area contributed by atoms with Gasteiger partial charge in [-0.3, -0.25) is 0 Å². The molecule has 2 nitrogen and oxygen atoms in total. The van der Waals surface area contributed by atoms with Crippen LogP contribution in [0.1, 0.15) is 32.3 Å². The van der Waals surface area contributed by atoms with Crippen LogP contribution in [-0.2, 0) is 6.42 Å². The van der Waals surface area contributed by atoms with Crippen molar-refractivity contribution in [1.29, 1.82) is 0 Å². The molecule has 1 N–H and O–H groups in total. The van der Waals surface area contributed by atoms with Crippen LogP contribution in [0, 0.1) is 5.92 Å². The van der Waals surface area contributed by atoms with Crippen LogP contribution in [0.5, 0.6) is 0 Å². The van der Waals surface area contributed by atoms with Gasteiger partial charge < -0.3 is 10.2 Å². The van der Waals surface area contributed by atoms with Crippen molar-refractivity contribution in [1.82, 2.24) is 10.2 Å². The molecule has 112 valence electrons. The number of likely N-dealkylation sites (tertiary alicyclic amines) is 1. The number of nitrogens with one attached hydrogen (secondary N) is 1. The van der Waals surface area contributed by atoms with E-state index in [0.717, 1.165) is 16.8 Å². The molecule has 0 amide bonds. The molecule has 0 saturated carbocycles. The van der Waals surface area contributed by atoms with E-state index >= 15 is 0 Å². The van der Waals surface area contributed by atoms with E-state index in [1.54, 1.807) is 0 Å². The van der Waals surface area contributed by atoms with Crippen LogP contribution in [-0.4, -0.2) is 37.1 Å². The second-order valence-electron chi connectivity index (χ2n) is 6.35. The van der Waals surface area contributed by atoms with E-state index in [1.165, 1.54) is 31.5 Å². The Kier molecular flexibility index (Phi) is 6.06. The summed E-state index contributed by atoms with van der Waals surface area (Å²) in [7, 11) is 2.24. The molecule has 0 radical (unpaired) electrons. The van der Waals surface area contributed by atoms with Gasteiger partial charge in [0.15, 0.2) is 0 Å². The predicted octanol–water partition coefficient (Wildman–Crippen LogP) is 3.70. The van der Waals surface area contributed by atoms with E-state index in [4.69, 9.17) is 0 Å². The maximum absolute atomic E-state index is 3.79. The summed E-state index contributed by atoms with van der Waals surface area (Å²) in [5.41, 5.74) is 1.40. The van der Waals surface area contributed by atoms with Crippen molar-refractivity contribution < 1.29 is 0 Å². The smallest absolute Gasteiger partial charge is 0.0175 e. The number of nitrogens with zero attached hydrogens (tertiary/aromatic N) is 1. The molecule has 1 aliphatic heterocycles. The normalized spacial score (nSPS) is 23.5. The predicted molar refractivity (Wildman–Crippen MR) is 90.1 cm³/mol. The summed E-state index contributed by atoms with van der Waals surface area (Å²) >= 11 is 3.49. The second-order valence-corrected chi connectivity index (χ2v) is 7.27. The largest absolute Gasteiger partial charge is 0.311 e. The minimum absolute atomic E-state index is 0.526. The zero-order valence-corrected chi connectivity index (χ0v) is 14.5. The molecule has 0 aliphatic carbocycles. The van der Waals surface area contributed by atoms with E-state index < -0.39 is 0 Å². The lowest BCUT2D eigenvalue weighted by Gasteiger charge is -2.35. The molecule has 0 spiro atoms. The molecule has 1 fully saturated rings. The molecule has 3 unspecified atom stereocenters. The van der Waals surface area contributed by atoms with E-state index in [1.807, 2.05) is 0 Å². The Morgan fingerprint density at radius 2 is 2.00 bits per heavy atom. The fourth-order valence-electron chi connectivity index (χ4n) is 3.23. The molecular formula is C17H27BrN2. The van der Waals surface area contributed by atoms with Crippen molar-refractivity contribution in [2.24, 2.45) is 5.92 Å². The summed E-state index contributed by atoms with van der Waals surface area (Å²) in [6, 6.07) is 9.80. The van der Waals surface area contributed by atoms with Crippen molar-refractivity contribution in [2.45, 2.75) is 45.2 Å². The van der Waals surface area contributed by atoms with Gasteiger partial charge in [-0.2, -0.15) is 0 Å². The quantitative estimate of drug-likeness (QED) is 0.880. The van der Waals surface area contributed by atoms with Crippen molar-refractivity contribution in [2.75, 3.05) is 20.1 Å². The third-order valence-corrected chi connectivity index (χ3v) is 4.90. The lowest BCUT2D eigenvalue weighted by molar-refractivity contribution is 0.174. The summed E-state index contributed by atoms with van der Waals surface area (Å²) in [4.78, 5) is 2.46. The highest BCUT2D eigenvalue weighted by Crippen LogP contribution is 2.19. The summed E-state index contributed by atoms with van der Waals surface area (Å²) < 4.78 is 1.15. The van der Waals surface area contributed by atoms with E-state index in [9.17, 15) is 0 Å². The molecule has 2 rings (SSSR count). The Bertz CT molecular complexity index is 404. The van der Waals surface area contributed by atoms with Crippen molar-refractivity contribution in [3.8, 4) is 0 Å². The van der Waals surface area contributed by atoms with Crippen molar-refractivity contribution >= 4 is 15.9 Å². The number of hydrogen-bond acceptors (Lipinski definition) is 2. The Labute approximate surface area is 132 Å². The first-order valence-corrected chi connectivity index (χ1v) is 8.53. The van der Waals surface area contributed by atoms with Crippen LogP contribution in [0.25, 0.3) is 0 Å². The molecular weight excluding hydrogens is 312 g/mol. The third-order valence-electron chi connectivity index (χ3n) is 4.37. The lowest BCUT2D eigenvalue weighted by Crippen LogP contribution is -2.46. The Balaban J connectivity index is 1.81. The fraction of sp³-hybridized carbons (Fsp3) is 0.647. The Morgan fingerprint density at radius 3 is 2.65 bits per heavy atom. The van der Waals surface area contributed by atoms with Gasteiger partial charge in [0.05, 0.1) is 0 Å². The van der Waals surface area contributed by atoms with Gasteiger partial charge in [-0.1, -0.05) is 28.1 Å². The van der Waals surface area contributed by atoms with Gasteiger partial charge in [0.2, 0.25) is 0 Å². The number of benzene rings is 1. The Morgan fingerprint density at radius 1 is 1.30 bits per heavy atom. The maximum atomic E-state index is 3.79. The van der Waals surface area contributed by atoms with E-state index in [-0.39, 0.29) is 0 Å². The molecule has 1 aliphatic rings. The number of hydrogen-bond donors (Lipinski definition) is 1.